The van der Waals surface area contributed by atoms with Gasteiger partial charge in [0.05, 0.1) is 38.7 Å². The summed E-state index contributed by atoms with van der Waals surface area (Å²) in [5.41, 5.74) is 0. The van der Waals surface area contributed by atoms with Crippen molar-refractivity contribution in [2.75, 3.05) is 39.5 Å². The van der Waals surface area contributed by atoms with E-state index >= 15 is 0 Å². The van der Waals surface area contributed by atoms with Crippen LogP contribution in [0.15, 0.2) is 12.3 Å². The van der Waals surface area contributed by atoms with Crippen LogP contribution >= 0.6 is 0 Å². The van der Waals surface area contributed by atoms with Gasteiger partial charge in [-0.15, -0.1) is 0 Å². The quantitative estimate of drug-likeness (QED) is 0.230. The topological polar surface area (TPSA) is 85.9 Å². The number of rotatable bonds is 17. The molecule has 152 valence electrons. The molecule has 0 saturated carbocycles. The molecule has 7 nitrogen and oxygen atoms in total. The van der Waals surface area contributed by atoms with Crippen LogP contribution in [0.2, 0.25) is 0 Å². The Kier molecular flexibility index (Phi) is 15.8. The van der Waals surface area contributed by atoms with Crippen molar-refractivity contribution in [1.82, 2.24) is 10.6 Å². The molecular weight excluding hydrogens is 336 g/mol. The Morgan fingerprint density at radius 1 is 0.846 bits per heavy atom. The van der Waals surface area contributed by atoms with Crippen LogP contribution in [0, 0.1) is 0 Å². The van der Waals surface area contributed by atoms with Gasteiger partial charge in [0.25, 0.3) is 0 Å². The van der Waals surface area contributed by atoms with Crippen LogP contribution in [0.3, 0.4) is 0 Å². The van der Waals surface area contributed by atoms with Crippen LogP contribution in [0.5, 0.6) is 0 Å². The first-order valence-electron chi connectivity index (χ1n) is 9.61. The van der Waals surface area contributed by atoms with Crippen LogP contribution in [-0.2, 0) is 23.8 Å². The zero-order chi connectivity index (χ0) is 19.6. The Labute approximate surface area is 157 Å². The van der Waals surface area contributed by atoms with Crippen molar-refractivity contribution in [3.63, 3.8) is 0 Å². The molecular formula is C19H36N2O5. The van der Waals surface area contributed by atoms with Crippen molar-refractivity contribution in [2.24, 2.45) is 0 Å². The summed E-state index contributed by atoms with van der Waals surface area (Å²) in [7, 11) is 0. The molecule has 0 aliphatic rings. The second-order valence-corrected chi connectivity index (χ2v) is 5.76. The predicted octanol–water partition coefficient (Wildman–Crippen LogP) is 2.16. The lowest BCUT2D eigenvalue weighted by Crippen LogP contribution is -2.33. The van der Waals surface area contributed by atoms with Gasteiger partial charge in [0.1, 0.15) is 5.76 Å². The predicted molar refractivity (Wildman–Crippen MR) is 102 cm³/mol. The summed E-state index contributed by atoms with van der Waals surface area (Å²) in [6, 6.07) is 0.0175. The molecule has 0 heterocycles. The number of nitrogens with one attached hydrogen (secondary N) is 2. The van der Waals surface area contributed by atoms with Crippen LogP contribution in [0.4, 0.5) is 0 Å². The first-order valence-corrected chi connectivity index (χ1v) is 9.61. The smallest absolute Gasteiger partial charge is 0.307 e. The van der Waals surface area contributed by atoms with Crippen LogP contribution in [0.1, 0.15) is 52.9 Å². The third kappa shape index (κ3) is 13.7. The number of carbonyl (C=O) groups is 2. The third-order valence-corrected chi connectivity index (χ3v) is 3.65. The highest BCUT2D eigenvalue weighted by Crippen LogP contribution is 2.10. The molecule has 0 fully saturated rings. The normalized spacial score (nSPS) is 11.7. The number of unbranched alkanes of at least 4 members (excludes halogenated alkanes) is 1. The summed E-state index contributed by atoms with van der Waals surface area (Å²) in [5.74, 6) is 0.331. The van der Waals surface area contributed by atoms with Gasteiger partial charge in [0.2, 0.25) is 0 Å². The van der Waals surface area contributed by atoms with Crippen molar-refractivity contribution in [3.05, 3.63) is 12.3 Å². The highest BCUT2D eigenvalue weighted by Gasteiger charge is 2.14. The van der Waals surface area contributed by atoms with Crippen LogP contribution in [-0.4, -0.2) is 57.4 Å². The van der Waals surface area contributed by atoms with E-state index in [1.54, 1.807) is 13.8 Å². The fourth-order valence-electron chi connectivity index (χ4n) is 2.39. The monoisotopic (exact) mass is 372 g/mol. The first kappa shape index (κ1) is 24.4. The molecule has 0 saturated heterocycles. The van der Waals surface area contributed by atoms with Crippen molar-refractivity contribution < 1.29 is 23.8 Å². The van der Waals surface area contributed by atoms with Gasteiger partial charge in [-0.05, 0) is 40.2 Å². The maximum atomic E-state index is 11.4. The average Bonchev–Trinajstić information content (AvgIpc) is 2.60. The maximum absolute atomic E-state index is 11.4. The maximum Gasteiger partial charge on any atom is 0.307 e. The Balaban J connectivity index is 3.95. The van der Waals surface area contributed by atoms with E-state index in [1.165, 1.54) is 0 Å². The molecule has 0 radical (unpaired) electrons. The lowest BCUT2D eigenvalue weighted by molar-refractivity contribution is -0.143. The number of hydrogen-bond donors (Lipinski definition) is 2. The molecule has 0 amide bonds. The van der Waals surface area contributed by atoms with E-state index in [9.17, 15) is 9.59 Å². The fourth-order valence-corrected chi connectivity index (χ4v) is 2.39. The molecule has 0 aliphatic carbocycles. The summed E-state index contributed by atoms with van der Waals surface area (Å²) in [4.78, 5) is 22.6. The Morgan fingerprint density at radius 2 is 1.42 bits per heavy atom. The summed E-state index contributed by atoms with van der Waals surface area (Å²) in [6.07, 6.45) is 3.57. The van der Waals surface area contributed by atoms with Crippen LogP contribution in [0.25, 0.3) is 0 Å². The summed E-state index contributed by atoms with van der Waals surface area (Å²) in [6.45, 7) is 12.9. The SMILES string of the molecule is C=C(OCC)C(CCCCNCCC(=O)OCC)NCCC(=O)OCC. The van der Waals surface area contributed by atoms with Crippen molar-refractivity contribution in [2.45, 2.75) is 58.9 Å². The zero-order valence-electron chi connectivity index (χ0n) is 16.6. The summed E-state index contributed by atoms with van der Waals surface area (Å²) in [5, 5.41) is 6.56. The van der Waals surface area contributed by atoms with E-state index < -0.39 is 0 Å². The van der Waals surface area contributed by atoms with Gasteiger partial charge in [-0.25, -0.2) is 0 Å². The van der Waals surface area contributed by atoms with Crippen molar-refractivity contribution >= 4 is 11.9 Å². The number of ether oxygens (including phenoxy) is 3. The molecule has 0 aromatic carbocycles. The highest BCUT2D eigenvalue weighted by atomic mass is 16.5. The number of esters is 2. The molecule has 0 spiro atoms. The second-order valence-electron chi connectivity index (χ2n) is 5.76. The van der Waals surface area contributed by atoms with Crippen molar-refractivity contribution in [1.29, 1.82) is 0 Å². The lowest BCUT2D eigenvalue weighted by atomic mass is 10.1. The molecule has 2 N–H and O–H groups in total. The zero-order valence-corrected chi connectivity index (χ0v) is 16.6. The van der Waals surface area contributed by atoms with Gasteiger partial charge in [0, 0.05) is 13.1 Å². The lowest BCUT2D eigenvalue weighted by Gasteiger charge is -2.21. The number of carbonyl (C=O) groups excluding carboxylic acids is 2. The summed E-state index contributed by atoms with van der Waals surface area (Å²) >= 11 is 0. The summed E-state index contributed by atoms with van der Waals surface area (Å²) < 4.78 is 15.3. The molecule has 0 bridgehead atoms. The minimum atomic E-state index is -0.202. The van der Waals surface area contributed by atoms with Crippen molar-refractivity contribution in [3.8, 4) is 0 Å². The number of hydrogen-bond acceptors (Lipinski definition) is 7. The second kappa shape index (κ2) is 16.8. The van der Waals surface area contributed by atoms with E-state index in [4.69, 9.17) is 14.2 Å². The molecule has 0 aromatic heterocycles. The van der Waals surface area contributed by atoms with E-state index in [0.29, 0.717) is 51.5 Å². The van der Waals surface area contributed by atoms with Gasteiger partial charge >= 0.3 is 11.9 Å². The standard InChI is InChI=1S/C19H36N2O5/c1-5-24-16(4)17(21-15-12-19(23)26-7-3)10-8-9-13-20-14-11-18(22)25-6-2/h17,20-21H,4-15H2,1-3H3. The first-order chi connectivity index (χ1) is 12.5. The molecule has 0 rings (SSSR count). The molecule has 26 heavy (non-hydrogen) atoms. The Hall–Kier alpha value is -1.60. The Bertz CT molecular complexity index is 401. The molecule has 7 heteroatoms. The largest absolute Gasteiger partial charge is 0.497 e. The highest BCUT2D eigenvalue weighted by molar-refractivity contribution is 5.69. The van der Waals surface area contributed by atoms with Gasteiger partial charge in [-0.1, -0.05) is 13.0 Å². The average molecular weight is 373 g/mol. The van der Waals surface area contributed by atoms with E-state index in [2.05, 4.69) is 17.2 Å². The van der Waals surface area contributed by atoms with Gasteiger partial charge < -0.3 is 24.8 Å². The van der Waals surface area contributed by atoms with E-state index in [-0.39, 0.29) is 18.0 Å². The minimum absolute atomic E-state index is 0.0175. The fraction of sp³-hybridized carbons (Fsp3) is 0.789. The third-order valence-electron chi connectivity index (χ3n) is 3.65. The van der Waals surface area contributed by atoms with E-state index in [0.717, 1.165) is 25.8 Å². The van der Waals surface area contributed by atoms with E-state index in [1.807, 2.05) is 6.92 Å². The minimum Gasteiger partial charge on any atom is -0.497 e. The van der Waals surface area contributed by atoms with Gasteiger partial charge in [-0.3, -0.25) is 9.59 Å². The van der Waals surface area contributed by atoms with Gasteiger partial charge in [-0.2, -0.15) is 0 Å². The van der Waals surface area contributed by atoms with Crippen LogP contribution < -0.4 is 10.6 Å². The molecule has 1 unspecified atom stereocenters. The molecule has 1 atom stereocenters. The molecule has 0 aliphatic heterocycles. The molecule has 0 aromatic rings. The Morgan fingerprint density at radius 3 is 2.00 bits per heavy atom. The van der Waals surface area contributed by atoms with Gasteiger partial charge in [0.15, 0.2) is 0 Å².